The molecule has 0 aliphatic heterocycles. The van der Waals surface area contributed by atoms with E-state index in [9.17, 15) is 4.79 Å². The van der Waals surface area contributed by atoms with Gasteiger partial charge in [-0.15, -0.1) is 0 Å². The quantitative estimate of drug-likeness (QED) is 0.808. The average molecular weight is 280 g/mol. The minimum atomic E-state index is -0.0125. The fourth-order valence-electron chi connectivity index (χ4n) is 1.93. The average Bonchev–Trinajstić information content (AvgIpc) is 2.39. The predicted octanol–water partition coefficient (Wildman–Crippen LogP) is 1.82. The summed E-state index contributed by atoms with van der Waals surface area (Å²) in [5.41, 5.74) is 6.93. The molecule has 1 aromatic rings. The largest absolute Gasteiger partial charge is 0.389 e. The highest BCUT2D eigenvalue weighted by Gasteiger charge is 2.19. The second-order valence-electron chi connectivity index (χ2n) is 4.34. The molecular formula is C14H20N2O2S. The standard InChI is InChI=1S/C14H20N2O2S/c1-4-16(10(2)9-18-3)14(17)12-7-5-11(6-8-12)13(15)19/h5-8,10H,4,9H2,1-3H3,(H2,15,19). The molecule has 0 saturated heterocycles. The minimum absolute atomic E-state index is 0.0125. The van der Waals surface area contributed by atoms with Gasteiger partial charge < -0.3 is 15.4 Å². The smallest absolute Gasteiger partial charge is 0.254 e. The number of amides is 1. The molecular weight excluding hydrogens is 260 g/mol. The molecule has 0 aromatic heterocycles. The maximum atomic E-state index is 12.4. The summed E-state index contributed by atoms with van der Waals surface area (Å²) in [6, 6.07) is 7.07. The van der Waals surface area contributed by atoms with E-state index in [1.165, 1.54) is 0 Å². The van der Waals surface area contributed by atoms with Crippen molar-refractivity contribution in [1.29, 1.82) is 0 Å². The third kappa shape index (κ3) is 4.01. The summed E-state index contributed by atoms with van der Waals surface area (Å²) < 4.78 is 5.10. The molecule has 4 nitrogen and oxygen atoms in total. The molecule has 0 saturated carbocycles. The van der Waals surface area contributed by atoms with Crippen LogP contribution in [0.2, 0.25) is 0 Å². The maximum absolute atomic E-state index is 12.4. The van der Waals surface area contributed by atoms with Crippen LogP contribution >= 0.6 is 12.2 Å². The molecule has 1 amide bonds. The van der Waals surface area contributed by atoms with Gasteiger partial charge in [0.15, 0.2) is 0 Å². The molecule has 0 spiro atoms. The van der Waals surface area contributed by atoms with Gasteiger partial charge in [-0.25, -0.2) is 0 Å². The summed E-state index contributed by atoms with van der Waals surface area (Å²) in [7, 11) is 1.63. The molecule has 0 aliphatic carbocycles. The Labute approximate surface area is 119 Å². The molecule has 0 bridgehead atoms. The SMILES string of the molecule is CCN(C(=O)c1ccc(C(N)=S)cc1)C(C)COC. The highest BCUT2D eigenvalue weighted by Crippen LogP contribution is 2.10. The number of hydrogen-bond acceptors (Lipinski definition) is 3. The van der Waals surface area contributed by atoms with Crippen molar-refractivity contribution in [2.75, 3.05) is 20.3 Å². The van der Waals surface area contributed by atoms with E-state index in [1.807, 2.05) is 13.8 Å². The van der Waals surface area contributed by atoms with Crippen LogP contribution in [-0.4, -0.2) is 42.1 Å². The van der Waals surface area contributed by atoms with Crippen LogP contribution in [-0.2, 0) is 4.74 Å². The van der Waals surface area contributed by atoms with E-state index in [0.29, 0.717) is 23.7 Å². The van der Waals surface area contributed by atoms with E-state index < -0.39 is 0 Å². The number of likely N-dealkylation sites (N-methyl/N-ethyl adjacent to an activating group) is 1. The summed E-state index contributed by atoms with van der Waals surface area (Å²) in [5, 5.41) is 0. The van der Waals surface area contributed by atoms with Gasteiger partial charge in [-0.1, -0.05) is 24.4 Å². The minimum Gasteiger partial charge on any atom is -0.389 e. The molecule has 0 radical (unpaired) electrons. The molecule has 1 rings (SSSR count). The van der Waals surface area contributed by atoms with E-state index in [1.54, 1.807) is 36.3 Å². The third-order valence-corrected chi connectivity index (χ3v) is 3.19. The molecule has 1 atom stereocenters. The maximum Gasteiger partial charge on any atom is 0.254 e. The van der Waals surface area contributed by atoms with Crippen LogP contribution in [0.1, 0.15) is 29.8 Å². The Kier molecular flexibility index (Phi) is 5.92. The number of methoxy groups -OCH3 is 1. The third-order valence-electron chi connectivity index (χ3n) is 2.96. The van der Waals surface area contributed by atoms with Gasteiger partial charge in [0.1, 0.15) is 4.99 Å². The monoisotopic (exact) mass is 280 g/mol. The van der Waals surface area contributed by atoms with Gasteiger partial charge in [0.25, 0.3) is 5.91 Å². The first-order chi connectivity index (χ1) is 9.01. The molecule has 2 N–H and O–H groups in total. The molecule has 0 heterocycles. The van der Waals surface area contributed by atoms with Gasteiger partial charge >= 0.3 is 0 Å². The van der Waals surface area contributed by atoms with Crippen molar-refractivity contribution < 1.29 is 9.53 Å². The first-order valence-electron chi connectivity index (χ1n) is 6.21. The molecule has 104 valence electrons. The van der Waals surface area contributed by atoms with Gasteiger partial charge in [0.05, 0.1) is 12.6 Å². The summed E-state index contributed by atoms with van der Waals surface area (Å²) in [6.45, 7) is 5.08. The number of hydrogen-bond donors (Lipinski definition) is 1. The van der Waals surface area contributed by atoms with E-state index in [2.05, 4.69) is 0 Å². The zero-order valence-electron chi connectivity index (χ0n) is 11.6. The lowest BCUT2D eigenvalue weighted by molar-refractivity contribution is 0.0579. The van der Waals surface area contributed by atoms with Crippen LogP contribution < -0.4 is 5.73 Å². The number of ether oxygens (including phenoxy) is 1. The second-order valence-corrected chi connectivity index (χ2v) is 4.78. The molecule has 1 unspecified atom stereocenters. The van der Waals surface area contributed by atoms with Gasteiger partial charge in [-0.3, -0.25) is 4.79 Å². The number of nitrogens with two attached hydrogens (primary N) is 1. The molecule has 0 aliphatic rings. The van der Waals surface area contributed by atoms with E-state index in [0.717, 1.165) is 5.56 Å². The first kappa shape index (κ1) is 15.6. The normalized spacial score (nSPS) is 11.9. The van der Waals surface area contributed by atoms with Crippen molar-refractivity contribution in [3.05, 3.63) is 35.4 Å². The lowest BCUT2D eigenvalue weighted by Crippen LogP contribution is -2.40. The van der Waals surface area contributed by atoms with Crippen molar-refractivity contribution in [2.45, 2.75) is 19.9 Å². The number of benzene rings is 1. The number of carbonyl (C=O) groups is 1. The van der Waals surface area contributed by atoms with E-state index in [4.69, 9.17) is 22.7 Å². The first-order valence-corrected chi connectivity index (χ1v) is 6.61. The van der Waals surface area contributed by atoms with Crippen LogP contribution in [0.4, 0.5) is 0 Å². The molecule has 0 fully saturated rings. The summed E-state index contributed by atoms with van der Waals surface area (Å²) in [6.07, 6.45) is 0. The summed E-state index contributed by atoms with van der Waals surface area (Å²) >= 11 is 4.89. The second kappa shape index (κ2) is 7.21. The molecule has 1 aromatic carbocycles. The summed E-state index contributed by atoms with van der Waals surface area (Å²) in [5.74, 6) is -0.0125. The van der Waals surface area contributed by atoms with Crippen LogP contribution in [0, 0.1) is 0 Å². The number of thiocarbonyl (C=S) groups is 1. The predicted molar refractivity (Wildman–Crippen MR) is 80.4 cm³/mol. The fourth-order valence-corrected chi connectivity index (χ4v) is 2.07. The fraction of sp³-hybridized carbons (Fsp3) is 0.429. The Balaban J connectivity index is 2.88. The lowest BCUT2D eigenvalue weighted by Gasteiger charge is -2.27. The Morgan fingerprint density at radius 3 is 2.32 bits per heavy atom. The highest BCUT2D eigenvalue weighted by molar-refractivity contribution is 7.80. The van der Waals surface area contributed by atoms with E-state index >= 15 is 0 Å². The van der Waals surface area contributed by atoms with Crippen LogP contribution in [0.25, 0.3) is 0 Å². The van der Waals surface area contributed by atoms with Crippen LogP contribution in [0.5, 0.6) is 0 Å². The van der Waals surface area contributed by atoms with Crippen LogP contribution in [0.15, 0.2) is 24.3 Å². The summed E-state index contributed by atoms with van der Waals surface area (Å²) in [4.78, 5) is 14.5. The van der Waals surface area contributed by atoms with Gasteiger partial charge in [0.2, 0.25) is 0 Å². The Morgan fingerprint density at radius 1 is 1.37 bits per heavy atom. The van der Waals surface area contributed by atoms with Crippen molar-refractivity contribution in [2.24, 2.45) is 5.73 Å². The van der Waals surface area contributed by atoms with E-state index in [-0.39, 0.29) is 11.9 Å². The van der Waals surface area contributed by atoms with Crippen LogP contribution in [0.3, 0.4) is 0 Å². The topological polar surface area (TPSA) is 55.6 Å². The highest BCUT2D eigenvalue weighted by atomic mass is 32.1. The van der Waals surface area contributed by atoms with Crippen molar-refractivity contribution in [3.63, 3.8) is 0 Å². The molecule has 19 heavy (non-hydrogen) atoms. The van der Waals surface area contributed by atoms with Crippen molar-refractivity contribution in [1.82, 2.24) is 4.90 Å². The van der Waals surface area contributed by atoms with Gasteiger partial charge in [0, 0.05) is 24.8 Å². The Morgan fingerprint density at radius 2 is 1.89 bits per heavy atom. The van der Waals surface area contributed by atoms with Crippen molar-refractivity contribution >= 4 is 23.1 Å². The number of nitrogens with zero attached hydrogens (tertiary/aromatic N) is 1. The van der Waals surface area contributed by atoms with Gasteiger partial charge in [-0.2, -0.15) is 0 Å². The Hall–Kier alpha value is -1.46. The van der Waals surface area contributed by atoms with Crippen molar-refractivity contribution in [3.8, 4) is 0 Å². The number of carbonyl (C=O) groups excluding carboxylic acids is 1. The Bertz CT molecular complexity index is 445. The zero-order chi connectivity index (χ0) is 14.4. The van der Waals surface area contributed by atoms with Gasteiger partial charge in [-0.05, 0) is 26.0 Å². The lowest BCUT2D eigenvalue weighted by atomic mass is 10.1. The molecule has 5 heteroatoms. The zero-order valence-corrected chi connectivity index (χ0v) is 12.4. The number of rotatable bonds is 6.